The number of nitrogen functional groups attached to an aromatic ring is 1. The van der Waals surface area contributed by atoms with Crippen LogP contribution in [0.3, 0.4) is 0 Å². The number of carbonyl (C=O) groups excluding carboxylic acids is 1. The van der Waals surface area contributed by atoms with E-state index in [2.05, 4.69) is 9.72 Å². The van der Waals surface area contributed by atoms with Crippen LogP contribution in [0.1, 0.15) is 22.5 Å². The van der Waals surface area contributed by atoms with Crippen molar-refractivity contribution in [1.82, 2.24) is 4.98 Å². The number of carbonyl (C=O) groups is 1. The first-order valence-corrected chi connectivity index (χ1v) is 4.21. The van der Waals surface area contributed by atoms with E-state index in [4.69, 9.17) is 10.5 Å². The fourth-order valence-electron chi connectivity index (χ4n) is 1.17. The topological polar surface area (TPSA) is 74.4 Å². The lowest BCUT2D eigenvalue weighted by Crippen LogP contribution is -2.10. The minimum absolute atomic E-state index is 0.0908. The van der Waals surface area contributed by atoms with Crippen LogP contribution in [0.5, 0.6) is 5.75 Å². The molecule has 0 atom stereocenters. The largest absolute Gasteiger partial charge is 0.494 e. The average Bonchev–Trinajstić information content (AvgIpc) is 2.26. The van der Waals surface area contributed by atoms with Gasteiger partial charge in [0.1, 0.15) is 16.9 Å². The van der Waals surface area contributed by atoms with E-state index < -0.39 is 18.1 Å². The molecule has 0 aliphatic rings. The molecule has 0 aliphatic carbocycles. The van der Waals surface area contributed by atoms with Crippen LogP contribution < -0.4 is 10.5 Å². The second-order valence-corrected chi connectivity index (χ2v) is 2.80. The van der Waals surface area contributed by atoms with Crippen molar-refractivity contribution >= 4 is 11.7 Å². The van der Waals surface area contributed by atoms with Gasteiger partial charge >= 0.3 is 5.97 Å². The van der Waals surface area contributed by atoms with Gasteiger partial charge in [0.2, 0.25) is 0 Å². The number of nitrogens with two attached hydrogens (primary N) is 1. The van der Waals surface area contributed by atoms with Crippen LogP contribution in [-0.2, 0) is 4.74 Å². The Hall–Kier alpha value is -1.92. The smallest absolute Gasteiger partial charge is 0.343 e. The molecule has 0 saturated carbocycles. The summed E-state index contributed by atoms with van der Waals surface area (Å²) in [6.07, 6.45) is -1.89. The van der Waals surface area contributed by atoms with E-state index in [1.807, 2.05) is 0 Å². The van der Waals surface area contributed by atoms with Crippen molar-refractivity contribution in [2.45, 2.75) is 6.43 Å². The normalized spacial score (nSPS) is 10.3. The Morgan fingerprint density at radius 2 is 2.12 bits per heavy atom. The minimum atomic E-state index is -2.83. The van der Waals surface area contributed by atoms with Crippen molar-refractivity contribution < 1.29 is 23.0 Å². The van der Waals surface area contributed by atoms with Crippen molar-refractivity contribution in [3.05, 3.63) is 17.5 Å². The lowest BCUT2D eigenvalue weighted by atomic mass is 10.2. The van der Waals surface area contributed by atoms with E-state index in [9.17, 15) is 13.6 Å². The first-order chi connectivity index (χ1) is 7.52. The van der Waals surface area contributed by atoms with Gasteiger partial charge in [-0.2, -0.15) is 0 Å². The second kappa shape index (κ2) is 4.73. The molecule has 2 N–H and O–H groups in total. The van der Waals surface area contributed by atoms with Crippen molar-refractivity contribution in [1.29, 1.82) is 0 Å². The summed E-state index contributed by atoms with van der Waals surface area (Å²) in [6.45, 7) is 0. The van der Waals surface area contributed by atoms with Crippen LogP contribution in [0.15, 0.2) is 6.20 Å². The van der Waals surface area contributed by atoms with Gasteiger partial charge in [-0.3, -0.25) is 4.98 Å². The molecule has 88 valence electrons. The van der Waals surface area contributed by atoms with Gasteiger partial charge < -0.3 is 15.2 Å². The first-order valence-electron chi connectivity index (χ1n) is 4.21. The number of halogens is 2. The maximum atomic E-state index is 12.4. The Kier molecular flexibility index (Phi) is 3.60. The summed E-state index contributed by atoms with van der Waals surface area (Å²) in [6, 6.07) is 0. The number of hydrogen-bond donors (Lipinski definition) is 1. The van der Waals surface area contributed by atoms with Gasteiger partial charge in [-0.25, -0.2) is 13.6 Å². The number of alkyl halides is 2. The molecular formula is C9H10F2N2O3. The van der Waals surface area contributed by atoms with Crippen LogP contribution in [0.4, 0.5) is 14.5 Å². The van der Waals surface area contributed by atoms with Gasteiger partial charge in [0, 0.05) is 6.20 Å². The Bertz CT molecular complexity index is 410. The van der Waals surface area contributed by atoms with E-state index in [0.29, 0.717) is 0 Å². The van der Waals surface area contributed by atoms with Gasteiger partial charge in [0.25, 0.3) is 6.43 Å². The molecule has 0 aromatic carbocycles. The fourth-order valence-corrected chi connectivity index (χ4v) is 1.17. The van der Waals surface area contributed by atoms with Gasteiger partial charge in [-0.15, -0.1) is 0 Å². The predicted molar refractivity (Wildman–Crippen MR) is 51.5 cm³/mol. The Morgan fingerprint density at radius 3 is 2.56 bits per heavy atom. The maximum absolute atomic E-state index is 12.4. The number of rotatable bonds is 3. The summed E-state index contributed by atoms with van der Waals surface area (Å²) >= 11 is 0. The number of ether oxygens (including phenoxy) is 2. The predicted octanol–water partition coefficient (Wildman–Crippen LogP) is 1.40. The van der Waals surface area contributed by atoms with E-state index in [1.54, 1.807) is 0 Å². The number of esters is 1. The Morgan fingerprint density at radius 1 is 1.50 bits per heavy atom. The molecule has 7 heteroatoms. The van der Waals surface area contributed by atoms with Crippen molar-refractivity contribution in [2.75, 3.05) is 20.0 Å². The molecule has 16 heavy (non-hydrogen) atoms. The molecule has 0 spiro atoms. The number of nitrogens with zero attached hydrogens (tertiary/aromatic N) is 1. The van der Waals surface area contributed by atoms with E-state index in [0.717, 1.165) is 13.3 Å². The molecule has 0 fully saturated rings. The number of hydrogen-bond acceptors (Lipinski definition) is 5. The van der Waals surface area contributed by atoms with E-state index >= 15 is 0 Å². The quantitative estimate of drug-likeness (QED) is 0.797. The second-order valence-electron chi connectivity index (χ2n) is 2.80. The number of aromatic nitrogens is 1. The zero-order valence-electron chi connectivity index (χ0n) is 8.66. The third-order valence-electron chi connectivity index (χ3n) is 1.91. The molecule has 0 radical (unpaired) electrons. The molecule has 1 aromatic rings. The van der Waals surface area contributed by atoms with Crippen molar-refractivity contribution in [3.63, 3.8) is 0 Å². The highest BCUT2D eigenvalue weighted by Crippen LogP contribution is 2.33. The lowest BCUT2D eigenvalue weighted by molar-refractivity contribution is 0.0596. The Balaban J connectivity index is 3.35. The van der Waals surface area contributed by atoms with Crippen LogP contribution in [-0.4, -0.2) is 25.2 Å². The van der Waals surface area contributed by atoms with Crippen LogP contribution in [0, 0.1) is 0 Å². The van der Waals surface area contributed by atoms with Gasteiger partial charge in [0.15, 0.2) is 5.75 Å². The van der Waals surface area contributed by atoms with Gasteiger partial charge in [-0.05, 0) is 0 Å². The van der Waals surface area contributed by atoms with Crippen LogP contribution in [0.25, 0.3) is 0 Å². The monoisotopic (exact) mass is 232 g/mol. The number of methoxy groups -OCH3 is 2. The molecule has 0 aliphatic heterocycles. The highest BCUT2D eigenvalue weighted by Gasteiger charge is 2.23. The molecule has 0 saturated heterocycles. The lowest BCUT2D eigenvalue weighted by Gasteiger charge is -2.11. The van der Waals surface area contributed by atoms with Crippen molar-refractivity contribution in [2.24, 2.45) is 0 Å². The third-order valence-corrected chi connectivity index (χ3v) is 1.91. The number of pyridine rings is 1. The highest BCUT2D eigenvalue weighted by molar-refractivity contribution is 5.94. The molecule has 5 nitrogen and oxygen atoms in total. The van der Waals surface area contributed by atoms with E-state index in [-0.39, 0.29) is 17.0 Å². The highest BCUT2D eigenvalue weighted by atomic mass is 19.3. The molecule has 1 aromatic heterocycles. The Labute approximate surface area is 90.2 Å². The van der Waals surface area contributed by atoms with Crippen LogP contribution >= 0.6 is 0 Å². The summed E-state index contributed by atoms with van der Waals surface area (Å²) in [5.74, 6) is -0.908. The van der Waals surface area contributed by atoms with Gasteiger partial charge in [-0.1, -0.05) is 0 Å². The molecule has 1 heterocycles. The summed E-state index contributed by atoms with van der Waals surface area (Å²) < 4.78 is 34.1. The van der Waals surface area contributed by atoms with Crippen LogP contribution in [0.2, 0.25) is 0 Å². The van der Waals surface area contributed by atoms with Crippen molar-refractivity contribution in [3.8, 4) is 5.75 Å². The zero-order chi connectivity index (χ0) is 12.3. The standard InChI is InChI=1S/C9H10F2N2O3/c1-15-7-4(9(14)16-2)3-13-6(5(7)12)8(10)11/h3,8H,12H2,1-2H3. The first kappa shape index (κ1) is 12.2. The third kappa shape index (κ3) is 2.02. The van der Waals surface area contributed by atoms with Gasteiger partial charge in [0.05, 0.1) is 14.2 Å². The molecule has 0 bridgehead atoms. The maximum Gasteiger partial charge on any atom is 0.343 e. The summed E-state index contributed by atoms with van der Waals surface area (Å²) in [5, 5.41) is 0. The fraction of sp³-hybridized carbons (Fsp3) is 0.333. The van der Waals surface area contributed by atoms with E-state index in [1.165, 1.54) is 7.11 Å². The molecule has 0 amide bonds. The molecule has 1 rings (SSSR count). The summed E-state index contributed by atoms with van der Waals surface area (Å²) in [5.41, 5.74) is 4.34. The SMILES string of the molecule is COC(=O)c1cnc(C(F)F)c(N)c1OC. The zero-order valence-corrected chi connectivity index (χ0v) is 8.66. The molecule has 0 unspecified atom stereocenters. The molecular weight excluding hydrogens is 222 g/mol. The number of anilines is 1. The average molecular weight is 232 g/mol. The summed E-state index contributed by atoms with van der Waals surface area (Å²) in [4.78, 5) is 14.6. The minimum Gasteiger partial charge on any atom is -0.494 e. The summed E-state index contributed by atoms with van der Waals surface area (Å²) in [7, 11) is 2.37.